The molecule has 0 bridgehead atoms. The summed E-state index contributed by atoms with van der Waals surface area (Å²) in [6, 6.07) is 13.9. The second-order valence-corrected chi connectivity index (χ2v) is 5.43. The van der Waals surface area contributed by atoms with Crippen molar-refractivity contribution in [1.82, 2.24) is 5.32 Å². The Labute approximate surface area is 126 Å². The first kappa shape index (κ1) is 14.4. The Hall–Kier alpha value is -1.03. The summed E-state index contributed by atoms with van der Waals surface area (Å²) in [6.45, 7) is 1.55. The van der Waals surface area contributed by atoms with Crippen LogP contribution in [0.5, 0.6) is 5.75 Å². The first-order valence-corrected chi connectivity index (χ1v) is 7.14. The van der Waals surface area contributed by atoms with Gasteiger partial charge in [-0.05, 0) is 39.7 Å². The third-order valence-electron chi connectivity index (χ3n) is 2.82. The fourth-order valence-corrected chi connectivity index (χ4v) is 2.38. The number of para-hydroxylation sites is 1. The van der Waals surface area contributed by atoms with Crippen molar-refractivity contribution in [3.63, 3.8) is 0 Å². The minimum Gasteiger partial charge on any atom is -0.496 e. The van der Waals surface area contributed by atoms with E-state index in [4.69, 9.17) is 16.3 Å². The molecule has 0 saturated carbocycles. The zero-order valence-corrected chi connectivity index (χ0v) is 13.0. The first-order valence-electron chi connectivity index (χ1n) is 5.97. The van der Waals surface area contributed by atoms with Crippen LogP contribution in [0.15, 0.2) is 46.9 Å². The number of rotatable bonds is 5. The Morgan fingerprint density at radius 1 is 1.16 bits per heavy atom. The molecule has 19 heavy (non-hydrogen) atoms. The third kappa shape index (κ3) is 3.96. The Balaban J connectivity index is 1.94. The van der Waals surface area contributed by atoms with Gasteiger partial charge in [-0.15, -0.1) is 0 Å². The second-order valence-electron chi connectivity index (χ2n) is 4.16. The van der Waals surface area contributed by atoms with Gasteiger partial charge >= 0.3 is 0 Å². The average molecular weight is 341 g/mol. The van der Waals surface area contributed by atoms with E-state index in [1.807, 2.05) is 36.4 Å². The molecule has 0 radical (unpaired) electrons. The summed E-state index contributed by atoms with van der Waals surface area (Å²) in [4.78, 5) is 0. The summed E-state index contributed by atoms with van der Waals surface area (Å²) >= 11 is 9.39. The molecule has 0 fully saturated rings. The van der Waals surface area contributed by atoms with Crippen molar-refractivity contribution in [3.8, 4) is 5.75 Å². The van der Waals surface area contributed by atoms with E-state index >= 15 is 0 Å². The quantitative estimate of drug-likeness (QED) is 0.871. The molecule has 0 unspecified atom stereocenters. The van der Waals surface area contributed by atoms with Gasteiger partial charge in [-0.2, -0.15) is 0 Å². The van der Waals surface area contributed by atoms with Crippen LogP contribution in [0.3, 0.4) is 0 Å². The molecule has 2 rings (SSSR count). The lowest BCUT2D eigenvalue weighted by Crippen LogP contribution is -2.13. The fourth-order valence-electron chi connectivity index (χ4n) is 1.84. The maximum Gasteiger partial charge on any atom is 0.123 e. The van der Waals surface area contributed by atoms with Crippen LogP contribution in [0.4, 0.5) is 0 Å². The van der Waals surface area contributed by atoms with Gasteiger partial charge in [-0.25, -0.2) is 0 Å². The van der Waals surface area contributed by atoms with E-state index < -0.39 is 0 Å². The molecular formula is C15H15BrClNO. The van der Waals surface area contributed by atoms with Crippen molar-refractivity contribution < 1.29 is 4.74 Å². The molecule has 0 aliphatic carbocycles. The van der Waals surface area contributed by atoms with Crippen molar-refractivity contribution in [2.45, 2.75) is 13.1 Å². The molecule has 0 amide bonds. The zero-order valence-electron chi connectivity index (χ0n) is 10.6. The van der Waals surface area contributed by atoms with Crippen LogP contribution in [0.25, 0.3) is 0 Å². The number of ether oxygens (including phenoxy) is 1. The lowest BCUT2D eigenvalue weighted by molar-refractivity contribution is 0.407. The Kier molecular flexibility index (Phi) is 5.25. The summed E-state index contributed by atoms with van der Waals surface area (Å²) in [7, 11) is 1.69. The highest BCUT2D eigenvalue weighted by Crippen LogP contribution is 2.23. The van der Waals surface area contributed by atoms with Crippen LogP contribution >= 0.6 is 27.5 Å². The number of hydrogen-bond acceptors (Lipinski definition) is 2. The predicted molar refractivity (Wildman–Crippen MR) is 82.7 cm³/mol. The van der Waals surface area contributed by atoms with Gasteiger partial charge in [0.2, 0.25) is 0 Å². The highest BCUT2D eigenvalue weighted by molar-refractivity contribution is 9.10. The molecular weight excluding hydrogens is 326 g/mol. The van der Waals surface area contributed by atoms with Crippen molar-refractivity contribution in [1.29, 1.82) is 0 Å². The van der Waals surface area contributed by atoms with Gasteiger partial charge in [0.15, 0.2) is 0 Å². The number of halogens is 2. The van der Waals surface area contributed by atoms with Crippen LogP contribution < -0.4 is 10.1 Å². The molecule has 0 atom stereocenters. The Morgan fingerprint density at radius 2 is 1.95 bits per heavy atom. The van der Waals surface area contributed by atoms with E-state index in [-0.39, 0.29) is 0 Å². The summed E-state index contributed by atoms with van der Waals surface area (Å²) in [5.41, 5.74) is 2.34. The number of methoxy groups -OCH3 is 1. The van der Waals surface area contributed by atoms with Crippen LogP contribution in [-0.2, 0) is 13.1 Å². The average Bonchev–Trinajstić information content (AvgIpc) is 2.43. The van der Waals surface area contributed by atoms with Crippen molar-refractivity contribution in [3.05, 3.63) is 63.1 Å². The van der Waals surface area contributed by atoms with Crippen molar-refractivity contribution >= 4 is 27.5 Å². The lowest BCUT2D eigenvalue weighted by Gasteiger charge is -2.10. The van der Waals surface area contributed by atoms with Gasteiger partial charge in [-0.1, -0.05) is 35.9 Å². The molecule has 100 valence electrons. The summed E-state index contributed by atoms with van der Waals surface area (Å²) in [6.07, 6.45) is 0. The van der Waals surface area contributed by atoms with Gasteiger partial charge < -0.3 is 10.1 Å². The summed E-state index contributed by atoms with van der Waals surface area (Å²) < 4.78 is 6.24. The molecule has 0 saturated heterocycles. The summed E-state index contributed by atoms with van der Waals surface area (Å²) in [5, 5.41) is 4.13. The third-order valence-corrected chi connectivity index (χ3v) is 4.04. The zero-order chi connectivity index (χ0) is 13.7. The van der Waals surface area contributed by atoms with Crippen molar-refractivity contribution in [2.24, 2.45) is 0 Å². The van der Waals surface area contributed by atoms with Gasteiger partial charge in [0, 0.05) is 23.1 Å². The predicted octanol–water partition coefficient (Wildman–Crippen LogP) is 4.40. The highest BCUT2D eigenvalue weighted by Gasteiger charge is 2.02. The molecule has 0 aromatic heterocycles. The fraction of sp³-hybridized carbons (Fsp3) is 0.200. The highest BCUT2D eigenvalue weighted by atomic mass is 79.9. The topological polar surface area (TPSA) is 21.3 Å². The SMILES string of the molecule is COc1ccccc1CNCc1ccc(Cl)c(Br)c1. The van der Waals surface area contributed by atoms with Gasteiger partial charge in [0.25, 0.3) is 0 Å². The van der Waals surface area contributed by atoms with E-state index in [1.54, 1.807) is 7.11 Å². The molecule has 4 heteroatoms. The standard InChI is InChI=1S/C15H15BrClNO/c1-19-15-5-3-2-4-12(15)10-18-9-11-6-7-14(17)13(16)8-11/h2-8,18H,9-10H2,1H3. The molecule has 1 N–H and O–H groups in total. The lowest BCUT2D eigenvalue weighted by atomic mass is 10.2. The molecule has 0 aliphatic heterocycles. The molecule has 2 aromatic carbocycles. The minimum absolute atomic E-state index is 0.730. The van der Waals surface area contributed by atoms with Gasteiger partial charge in [0.05, 0.1) is 12.1 Å². The van der Waals surface area contributed by atoms with Crippen LogP contribution in [-0.4, -0.2) is 7.11 Å². The van der Waals surface area contributed by atoms with E-state index in [2.05, 4.69) is 27.3 Å². The number of hydrogen-bond donors (Lipinski definition) is 1. The van der Waals surface area contributed by atoms with Crippen LogP contribution in [0.1, 0.15) is 11.1 Å². The molecule has 0 aliphatic rings. The van der Waals surface area contributed by atoms with E-state index in [0.29, 0.717) is 0 Å². The Morgan fingerprint density at radius 3 is 2.68 bits per heavy atom. The number of benzene rings is 2. The minimum atomic E-state index is 0.730. The monoisotopic (exact) mass is 339 g/mol. The molecule has 2 aromatic rings. The van der Waals surface area contributed by atoms with Crippen molar-refractivity contribution in [2.75, 3.05) is 7.11 Å². The number of nitrogens with one attached hydrogen (secondary N) is 1. The molecule has 2 nitrogen and oxygen atoms in total. The van der Waals surface area contributed by atoms with E-state index in [0.717, 1.165) is 33.9 Å². The smallest absolute Gasteiger partial charge is 0.123 e. The maximum atomic E-state index is 5.97. The summed E-state index contributed by atoms with van der Waals surface area (Å²) in [5.74, 6) is 0.910. The van der Waals surface area contributed by atoms with Crippen LogP contribution in [0, 0.1) is 0 Å². The van der Waals surface area contributed by atoms with Gasteiger partial charge in [0.1, 0.15) is 5.75 Å². The van der Waals surface area contributed by atoms with E-state index in [9.17, 15) is 0 Å². The van der Waals surface area contributed by atoms with E-state index in [1.165, 1.54) is 5.56 Å². The Bertz CT molecular complexity index is 560. The second kappa shape index (κ2) is 6.94. The first-order chi connectivity index (χ1) is 9.20. The molecule has 0 heterocycles. The molecule has 0 spiro atoms. The van der Waals surface area contributed by atoms with Gasteiger partial charge in [-0.3, -0.25) is 0 Å². The maximum absolute atomic E-state index is 5.97. The normalized spacial score (nSPS) is 10.5. The largest absolute Gasteiger partial charge is 0.496 e. The van der Waals surface area contributed by atoms with Crippen LogP contribution in [0.2, 0.25) is 5.02 Å².